The third-order valence-electron chi connectivity index (χ3n) is 1.81. The van der Waals surface area contributed by atoms with Gasteiger partial charge in [-0.05, 0) is 26.2 Å². The second-order valence-electron chi connectivity index (χ2n) is 2.73. The van der Waals surface area contributed by atoms with Crippen LogP contribution in [0.1, 0.15) is 26.2 Å². The molecule has 0 amide bonds. The van der Waals surface area contributed by atoms with E-state index < -0.39 is 0 Å². The van der Waals surface area contributed by atoms with E-state index in [2.05, 4.69) is 13.0 Å². The van der Waals surface area contributed by atoms with E-state index in [1.807, 2.05) is 0 Å². The topological polar surface area (TPSA) is 17.1 Å². The van der Waals surface area contributed by atoms with E-state index in [1.165, 1.54) is 5.57 Å². The van der Waals surface area contributed by atoms with Crippen LogP contribution >= 0.6 is 0 Å². The van der Waals surface area contributed by atoms with Crippen LogP contribution in [0.25, 0.3) is 0 Å². The van der Waals surface area contributed by atoms with Crippen molar-refractivity contribution >= 4 is 6.29 Å². The third kappa shape index (κ3) is 1.67. The molecule has 1 heteroatoms. The van der Waals surface area contributed by atoms with Crippen molar-refractivity contribution in [1.82, 2.24) is 0 Å². The van der Waals surface area contributed by atoms with Gasteiger partial charge in [0.25, 0.3) is 0 Å². The summed E-state index contributed by atoms with van der Waals surface area (Å²) < 4.78 is 0. The maximum atomic E-state index is 10.3. The zero-order valence-electron chi connectivity index (χ0n) is 5.76. The van der Waals surface area contributed by atoms with Crippen molar-refractivity contribution in [3.8, 4) is 0 Å². The fourth-order valence-electron chi connectivity index (χ4n) is 1.26. The van der Waals surface area contributed by atoms with Gasteiger partial charge in [0, 0.05) is 5.92 Å². The van der Waals surface area contributed by atoms with E-state index in [0.717, 1.165) is 25.5 Å². The third-order valence-corrected chi connectivity index (χ3v) is 1.81. The standard InChI is InChI=1S/C8H12O/c1-7-3-2-4-8(5-7)6-9/h3,6,8H,2,4-5H2,1H3. The lowest BCUT2D eigenvalue weighted by Crippen LogP contribution is -2.05. The van der Waals surface area contributed by atoms with Gasteiger partial charge in [-0.3, -0.25) is 0 Å². The highest BCUT2D eigenvalue weighted by atomic mass is 16.1. The SMILES string of the molecule is CC1=CCCC(C=O)C1. The van der Waals surface area contributed by atoms with Crippen molar-refractivity contribution in [2.45, 2.75) is 26.2 Å². The zero-order chi connectivity index (χ0) is 6.69. The van der Waals surface area contributed by atoms with Gasteiger partial charge in [-0.15, -0.1) is 0 Å². The van der Waals surface area contributed by atoms with Crippen LogP contribution in [0.2, 0.25) is 0 Å². The Labute approximate surface area is 55.8 Å². The van der Waals surface area contributed by atoms with Crippen LogP contribution in [-0.2, 0) is 4.79 Å². The van der Waals surface area contributed by atoms with E-state index in [1.54, 1.807) is 0 Å². The van der Waals surface area contributed by atoms with Gasteiger partial charge in [-0.1, -0.05) is 11.6 Å². The molecule has 0 aromatic carbocycles. The second kappa shape index (κ2) is 2.81. The van der Waals surface area contributed by atoms with E-state index in [9.17, 15) is 4.79 Å². The van der Waals surface area contributed by atoms with Gasteiger partial charge in [-0.2, -0.15) is 0 Å². The number of hydrogen-bond acceptors (Lipinski definition) is 1. The maximum Gasteiger partial charge on any atom is 0.123 e. The monoisotopic (exact) mass is 124 g/mol. The first-order valence-corrected chi connectivity index (χ1v) is 3.44. The first kappa shape index (κ1) is 6.53. The quantitative estimate of drug-likeness (QED) is 0.385. The molecular weight excluding hydrogens is 112 g/mol. The molecule has 0 saturated carbocycles. The molecule has 0 bridgehead atoms. The molecule has 1 atom stereocenters. The summed E-state index contributed by atoms with van der Waals surface area (Å²) in [4.78, 5) is 10.3. The molecule has 0 N–H and O–H groups in total. The highest BCUT2D eigenvalue weighted by molar-refractivity contribution is 5.54. The molecule has 1 nitrogen and oxygen atoms in total. The van der Waals surface area contributed by atoms with E-state index in [-0.39, 0.29) is 0 Å². The van der Waals surface area contributed by atoms with Crippen LogP contribution < -0.4 is 0 Å². The summed E-state index contributed by atoms with van der Waals surface area (Å²) in [6, 6.07) is 0. The molecule has 1 unspecified atom stereocenters. The number of allylic oxidation sites excluding steroid dienone is 2. The Morgan fingerprint density at radius 3 is 3.00 bits per heavy atom. The average Bonchev–Trinajstić information content (AvgIpc) is 1.88. The number of aldehydes is 1. The Balaban J connectivity index is 2.48. The second-order valence-corrected chi connectivity index (χ2v) is 2.73. The number of carbonyl (C=O) groups excluding carboxylic acids is 1. The molecule has 0 radical (unpaired) electrons. The number of hydrogen-bond donors (Lipinski definition) is 0. The molecule has 50 valence electrons. The molecule has 1 rings (SSSR count). The fourth-order valence-corrected chi connectivity index (χ4v) is 1.26. The Kier molecular flexibility index (Phi) is 2.04. The van der Waals surface area contributed by atoms with Gasteiger partial charge in [0.2, 0.25) is 0 Å². The Morgan fingerprint density at radius 2 is 2.56 bits per heavy atom. The minimum Gasteiger partial charge on any atom is -0.303 e. The first-order chi connectivity index (χ1) is 4.33. The fraction of sp³-hybridized carbons (Fsp3) is 0.625. The molecule has 9 heavy (non-hydrogen) atoms. The van der Waals surface area contributed by atoms with Crippen LogP contribution in [0.4, 0.5) is 0 Å². The number of carbonyl (C=O) groups is 1. The summed E-state index contributed by atoms with van der Waals surface area (Å²) in [7, 11) is 0. The minimum atomic E-state index is 0.315. The van der Waals surface area contributed by atoms with Crippen molar-refractivity contribution in [2.24, 2.45) is 5.92 Å². The van der Waals surface area contributed by atoms with E-state index in [0.29, 0.717) is 5.92 Å². The predicted octanol–water partition coefficient (Wildman–Crippen LogP) is 1.93. The zero-order valence-corrected chi connectivity index (χ0v) is 5.76. The molecule has 0 fully saturated rings. The van der Waals surface area contributed by atoms with E-state index >= 15 is 0 Å². The summed E-state index contributed by atoms with van der Waals surface area (Å²) in [5, 5.41) is 0. The predicted molar refractivity (Wildman–Crippen MR) is 37.2 cm³/mol. The summed E-state index contributed by atoms with van der Waals surface area (Å²) in [6.45, 7) is 2.09. The van der Waals surface area contributed by atoms with Gasteiger partial charge in [0.15, 0.2) is 0 Å². The average molecular weight is 124 g/mol. The molecule has 0 heterocycles. The first-order valence-electron chi connectivity index (χ1n) is 3.44. The molecular formula is C8H12O. The van der Waals surface area contributed by atoms with Gasteiger partial charge in [0.1, 0.15) is 6.29 Å². The Hall–Kier alpha value is -0.590. The molecule has 0 saturated heterocycles. The molecule has 0 spiro atoms. The summed E-state index contributed by atoms with van der Waals surface area (Å²) in [5.74, 6) is 0.315. The van der Waals surface area contributed by atoms with Crippen molar-refractivity contribution in [3.05, 3.63) is 11.6 Å². The Morgan fingerprint density at radius 1 is 1.78 bits per heavy atom. The molecule has 0 aliphatic heterocycles. The lowest BCUT2D eigenvalue weighted by atomic mass is 9.91. The summed E-state index contributed by atoms with van der Waals surface area (Å²) >= 11 is 0. The lowest BCUT2D eigenvalue weighted by molar-refractivity contribution is -0.111. The highest BCUT2D eigenvalue weighted by Crippen LogP contribution is 2.21. The van der Waals surface area contributed by atoms with Crippen LogP contribution in [-0.4, -0.2) is 6.29 Å². The normalized spacial score (nSPS) is 27.2. The van der Waals surface area contributed by atoms with Gasteiger partial charge in [0.05, 0.1) is 0 Å². The molecule has 0 aromatic heterocycles. The maximum absolute atomic E-state index is 10.3. The van der Waals surface area contributed by atoms with Crippen LogP contribution in [0.3, 0.4) is 0 Å². The van der Waals surface area contributed by atoms with Crippen molar-refractivity contribution in [2.75, 3.05) is 0 Å². The summed E-state index contributed by atoms with van der Waals surface area (Å²) in [5.41, 5.74) is 1.37. The van der Waals surface area contributed by atoms with Crippen LogP contribution in [0.5, 0.6) is 0 Å². The van der Waals surface area contributed by atoms with Crippen molar-refractivity contribution in [3.63, 3.8) is 0 Å². The van der Waals surface area contributed by atoms with Crippen LogP contribution in [0, 0.1) is 5.92 Å². The van der Waals surface area contributed by atoms with Crippen molar-refractivity contribution < 1.29 is 4.79 Å². The lowest BCUT2D eigenvalue weighted by Gasteiger charge is -2.14. The minimum absolute atomic E-state index is 0.315. The summed E-state index contributed by atoms with van der Waals surface area (Å²) in [6.07, 6.45) is 6.44. The Bertz CT molecular complexity index is 136. The van der Waals surface area contributed by atoms with Crippen molar-refractivity contribution in [1.29, 1.82) is 0 Å². The smallest absolute Gasteiger partial charge is 0.123 e. The van der Waals surface area contributed by atoms with Gasteiger partial charge < -0.3 is 4.79 Å². The van der Waals surface area contributed by atoms with Crippen LogP contribution in [0.15, 0.2) is 11.6 Å². The van der Waals surface area contributed by atoms with Gasteiger partial charge >= 0.3 is 0 Å². The molecule has 1 aliphatic carbocycles. The number of rotatable bonds is 1. The van der Waals surface area contributed by atoms with E-state index in [4.69, 9.17) is 0 Å². The molecule has 0 aromatic rings. The molecule has 1 aliphatic rings. The largest absolute Gasteiger partial charge is 0.303 e. The highest BCUT2D eigenvalue weighted by Gasteiger charge is 2.10. The van der Waals surface area contributed by atoms with Gasteiger partial charge in [-0.25, -0.2) is 0 Å².